The van der Waals surface area contributed by atoms with Crippen LogP contribution in [0.1, 0.15) is 46.0 Å². The van der Waals surface area contributed by atoms with Crippen molar-refractivity contribution in [1.82, 2.24) is 0 Å². The lowest BCUT2D eigenvalue weighted by Crippen LogP contribution is -2.09. The van der Waals surface area contributed by atoms with Crippen molar-refractivity contribution in [3.63, 3.8) is 0 Å². The Hall–Kier alpha value is -2.10. The Balaban J connectivity index is 1.92. The van der Waals surface area contributed by atoms with Crippen molar-refractivity contribution in [2.75, 3.05) is 0 Å². The van der Waals surface area contributed by atoms with Gasteiger partial charge >= 0.3 is 11.6 Å². The predicted molar refractivity (Wildman–Crippen MR) is 86.0 cm³/mol. The summed E-state index contributed by atoms with van der Waals surface area (Å²) in [4.78, 5) is 23.1. The number of esters is 1. The van der Waals surface area contributed by atoms with Crippen molar-refractivity contribution in [3.05, 3.63) is 40.8 Å². The fourth-order valence-corrected chi connectivity index (χ4v) is 2.35. The fourth-order valence-electron chi connectivity index (χ4n) is 2.35. The molecule has 0 spiro atoms. The van der Waals surface area contributed by atoms with E-state index in [4.69, 9.17) is 9.15 Å². The van der Waals surface area contributed by atoms with Gasteiger partial charge in [0.2, 0.25) is 0 Å². The van der Waals surface area contributed by atoms with Gasteiger partial charge in [0.25, 0.3) is 0 Å². The van der Waals surface area contributed by atoms with Crippen LogP contribution in [-0.4, -0.2) is 5.97 Å². The Bertz CT molecular complexity index is 687. The Morgan fingerprint density at radius 3 is 2.77 bits per heavy atom. The summed E-state index contributed by atoms with van der Waals surface area (Å²) in [5, 5.41) is 0.799. The zero-order valence-corrected chi connectivity index (χ0v) is 13.1. The van der Waals surface area contributed by atoms with Crippen molar-refractivity contribution in [3.8, 4) is 5.75 Å². The van der Waals surface area contributed by atoms with Crippen molar-refractivity contribution < 1.29 is 13.9 Å². The van der Waals surface area contributed by atoms with E-state index in [1.807, 2.05) is 0 Å². The molecule has 0 amide bonds. The fraction of sp³-hybridized carbons (Fsp3) is 0.444. The van der Waals surface area contributed by atoms with Gasteiger partial charge < -0.3 is 9.15 Å². The van der Waals surface area contributed by atoms with Gasteiger partial charge in [0.15, 0.2) is 0 Å². The first-order chi connectivity index (χ1) is 10.6. The molecule has 1 aromatic carbocycles. The third-order valence-electron chi connectivity index (χ3n) is 3.72. The molecule has 0 aliphatic carbocycles. The highest BCUT2D eigenvalue weighted by atomic mass is 16.5. The van der Waals surface area contributed by atoms with Crippen LogP contribution in [0, 0.1) is 5.92 Å². The van der Waals surface area contributed by atoms with E-state index >= 15 is 0 Å². The van der Waals surface area contributed by atoms with Gasteiger partial charge in [0.05, 0.1) is 0 Å². The van der Waals surface area contributed by atoms with Crippen LogP contribution in [0.5, 0.6) is 5.75 Å². The van der Waals surface area contributed by atoms with Crippen LogP contribution < -0.4 is 10.4 Å². The second kappa shape index (κ2) is 7.78. The summed E-state index contributed by atoms with van der Waals surface area (Å²) < 4.78 is 10.4. The van der Waals surface area contributed by atoms with E-state index in [0.29, 0.717) is 23.7 Å². The lowest BCUT2D eigenvalue weighted by molar-refractivity contribution is -0.134. The van der Waals surface area contributed by atoms with Crippen LogP contribution in [0.3, 0.4) is 0 Å². The minimum Gasteiger partial charge on any atom is -0.426 e. The summed E-state index contributed by atoms with van der Waals surface area (Å²) in [6, 6.07) is 8.11. The monoisotopic (exact) mass is 302 g/mol. The van der Waals surface area contributed by atoms with E-state index in [1.54, 1.807) is 24.3 Å². The zero-order chi connectivity index (χ0) is 15.9. The Morgan fingerprint density at radius 1 is 1.23 bits per heavy atom. The first kappa shape index (κ1) is 16.3. The summed E-state index contributed by atoms with van der Waals surface area (Å²) in [6.07, 6.45) is 4.76. The molecule has 0 bridgehead atoms. The molecular formula is C18H22O4. The molecule has 4 heteroatoms. The van der Waals surface area contributed by atoms with Crippen molar-refractivity contribution in [1.29, 1.82) is 0 Å². The van der Waals surface area contributed by atoms with Crippen LogP contribution in [-0.2, 0) is 4.79 Å². The number of carbonyl (C=O) groups is 1. The molecule has 2 aromatic rings. The van der Waals surface area contributed by atoms with Crippen LogP contribution >= 0.6 is 0 Å². The molecule has 0 fully saturated rings. The summed E-state index contributed by atoms with van der Waals surface area (Å²) >= 11 is 0. The second-order valence-electron chi connectivity index (χ2n) is 5.71. The topological polar surface area (TPSA) is 56.5 Å². The van der Waals surface area contributed by atoms with E-state index in [2.05, 4.69) is 13.8 Å². The molecule has 2 rings (SSSR count). The molecule has 1 heterocycles. The average Bonchev–Trinajstić information content (AvgIpc) is 2.50. The Morgan fingerprint density at radius 2 is 2.00 bits per heavy atom. The first-order valence-electron chi connectivity index (χ1n) is 7.83. The van der Waals surface area contributed by atoms with Gasteiger partial charge in [-0.3, -0.25) is 4.79 Å². The van der Waals surface area contributed by atoms with Gasteiger partial charge in [-0.1, -0.05) is 33.1 Å². The molecule has 1 aromatic heterocycles. The van der Waals surface area contributed by atoms with E-state index in [9.17, 15) is 9.59 Å². The lowest BCUT2D eigenvalue weighted by Gasteiger charge is -2.10. The van der Waals surface area contributed by atoms with Gasteiger partial charge in [0, 0.05) is 23.9 Å². The van der Waals surface area contributed by atoms with E-state index in [0.717, 1.165) is 18.2 Å². The van der Waals surface area contributed by atoms with E-state index in [-0.39, 0.29) is 5.97 Å². The molecule has 0 N–H and O–H groups in total. The number of unbranched alkanes of at least 4 members (excludes halogenated alkanes) is 1. The molecule has 0 aliphatic heterocycles. The SMILES string of the molecule is CCCCC(C)CCC(=O)Oc1ccc2ccc(=O)oc2c1. The Kier molecular flexibility index (Phi) is 5.75. The van der Waals surface area contributed by atoms with E-state index in [1.165, 1.54) is 18.9 Å². The third kappa shape index (κ3) is 4.72. The zero-order valence-electron chi connectivity index (χ0n) is 13.1. The largest absolute Gasteiger partial charge is 0.426 e. The molecule has 1 unspecified atom stereocenters. The van der Waals surface area contributed by atoms with Gasteiger partial charge in [-0.05, 0) is 30.5 Å². The number of rotatable bonds is 7. The number of hydrogen-bond acceptors (Lipinski definition) is 4. The molecule has 0 saturated carbocycles. The van der Waals surface area contributed by atoms with Gasteiger partial charge in [0.1, 0.15) is 11.3 Å². The van der Waals surface area contributed by atoms with Crippen LogP contribution in [0.2, 0.25) is 0 Å². The summed E-state index contributed by atoms with van der Waals surface area (Å²) in [5.74, 6) is 0.691. The molecule has 0 aliphatic rings. The summed E-state index contributed by atoms with van der Waals surface area (Å²) in [6.45, 7) is 4.33. The molecule has 118 valence electrons. The maximum Gasteiger partial charge on any atom is 0.336 e. The van der Waals surface area contributed by atoms with Crippen molar-refractivity contribution in [2.24, 2.45) is 5.92 Å². The summed E-state index contributed by atoms with van der Waals surface area (Å²) in [5.41, 5.74) is 0.00911. The van der Waals surface area contributed by atoms with Crippen molar-refractivity contribution in [2.45, 2.75) is 46.0 Å². The highest BCUT2D eigenvalue weighted by molar-refractivity contribution is 5.79. The smallest absolute Gasteiger partial charge is 0.336 e. The van der Waals surface area contributed by atoms with E-state index < -0.39 is 5.63 Å². The third-order valence-corrected chi connectivity index (χ3v) is 3.72. The molecule has 22 heavy (non-hydrogen) atoms. The maximum atomic E-state index is 11.9. The number of fused-ring (bicyclic) bond motifs is 1. The first-order valence-corrected chi connectivity index (χ1v) is 7.83. The predicted octanol–water partition coefficient (Wildman–Crippen LogP) is 4.30. The Labute approximate surface area is 130 Å². The molecule has 1 atom stereocenters. The molecular weight excluding hydrogens is 280 g/mol. The number of hydrogen-bond donors (Lipinski definition) is 0. The molecule has 0 saturated heterocycles. The highest BCUT2D eigenvalue weighted by Crippen LogP contribution is 2.21. The van der Waals surface area contributed by atoms with Gasteiger partial charge in [-0.2, -0.15) is 0 Å². The minimum absolute atomic E-state index is 0.249. The van der Waals surface area contributed by atoms with Crippen LogP contribution in [0.25, 0.3) is 11.0 Å². The van der Waals surface area contributed by atoms with Crippen LogP contribution in [0.4, 0.5) is 0 Å². The second-order valence-corrected chi connectivity index (χ2v) is 5.71. The number of benzene rings is 1. The molecule has 0 radical (unpaired) electrons. The highest BCUT2D eigenvalue weighted by Gasteiger charge is 2.09. The van der Waals surface area contributed by atoms with Crippen molar-refractivity contribution >= 4 is 16.9 Å². The van der Waals surface area contributed by atoms with Gasteiger partial charge in [-0.25, -0.2) is 4.79 Å². The van der Waals surface area contributed by atoms with Crippen LogP contribution in [0.15, 0.2) is 39.5 Å². The average molecular weight is 302 g/mol. The number of carbonyl (C=O) groups excluding carboxylic acids is 1. The quantitative estimate of drug-likeness (QED) is 0.434. The number of ether oxygens (including phenoxy) is 1. The lowest BCUT2D eigenvalue weighted by atomic mass is 9.99. The summed E-state index contributed by atoms with van der Waals surface area (Å²) in [7, 11) is 0. The normalized spacial score (nSPS) is 12.3. The van der Waals surface area contributed by atoms with Gasteiger partial charge in [-0.15, -0.1) is 0 Å². The minimum atomic E-state index is -0.416. The standard InChI is InChI=1S/C18H22O4/c1-3-4-5-13(2)6-10-17(19)21-15-9-7-14-8-11-18(20)22-16(14)12-15/h7-9,11-13H,3-6,10H2,1-2H3. The maximum absolute atomic E-state index is 11.9. The molecule has 4 nitrogen and oxygen atoms in total.